The molecule has 5 nitrogen and oxygen atoms in total. The minimum atomic E-state index is -1.36. The number of phenolic OH excluding ortho intramolecular Hbond substituents is 1. The Kier molecular flexibility index (Phi) is 3.46. The number of benzene rings is 1. The van der Waals surface area contributed by atoms with Gasteiger partial charge in [-0.3, -0.25) is 10.6 Å². The number of aliphatic carboxylic acids is 1. The number of halogens is 1. The fourth-order valence-corrected chi connectivity index (χ4v) is 1.26. The second kappa shape index (κ2) is 4.46. The molecule has 16 heavy (non-hydrogen) atoms. The summed E-state index contributed by atoms with van der Waals surface area (Å²) in [5.41, 5.74) is 1.30. The van der Waals surface area contributed by atoms with Crippen molar-refractivity contribution in [1.82, 2.24) is 5.43 Å². The van der Waals surface area contributed by atoms with Gasteiger partial charge in [-0.25, -0.2) is 9.82 Å². The van der Waals surface area contributed by atoms with E-state index < -0.39 is 23.1 Å². The molecule has 0 aliphatic heterocycles. The summed E-state index contributed by atoms with van der Waals surface area (Å²) >= 11 is 0. The van der Waals surface area contributed by atoms with Gasteiger partial charge < -0.3 is 10.2 Å². The number of carboxylic acids is 1. The Morgan fingerprint density at radius 3 is 2.69 bits per heavy atom. The largest absolute Gasteiger partial charge is 0.505 e. The predicted octanol–water partition coefficient (Wildman–Crippen LogP) is 0.380. The first-order valence-corrected chi connectivity index (χ1v) is 4.57. The number of hydrogen-bond acceptors (Lipinski definition) is 4. The molecule has 0 fully saturated rings. The molecule has 0 aliphatic carbocycles. The fraction of sp³-hybridized carbons (Fsp3) is 0.300. The minimum absolute atomic E-state index is 0.0344. The number of hydrogen-bond donors (Lipinski definition) is 4. The summed E-state index contributed by atoms with van der Waals surface area (Å²) < 4.78 is 12.8. The van der Waals surface area contributed by atoms with Crippen LogP contribution in [0.25, 0.3) is 0 Å². The van der Waals surface area contributed by atoms with Gasteiger partial charge in [-0.2, -0.15) is 0 Å². The average molecular weight is 228 g/mol. The van der Waals surface area contributed by atoms with Crippen molar-refractivity contribution in [3.8, 4) is 5.75 Å². The van der Waals surface area contributed by atoms with Crippen LogP contribution in [0, 0.1) is 5.82 Å². The van der Waals surface area contributed by atoms with Gasteiger partial charge >= 0.3 is 5.97 Å². The minimum Gasteiger partial charge on any atom is -0.505 e. The van der Waals surface area contributed by atoms with Gasteiger partial charge in [0.25, 0.3) is 0 Å². The third-order valence-electron chi connectivity index (χ3n) is 2.36. The zero-order valence-electron chi connectivity index (χ0n) is 8.70. The molecule has 6 heteroatoms. The quantitative estimate of drug-likeness (QED) is 0.441. The summed E-state index contributed by atoms with van der Waals surface area (Å²) in [4.78, 5) is 10.9. The normalized spacial score (nSPS) is 14.4. The molecule has 0 bridgehead atoms. The van der Waals surface area contributed by atoms with E-state index in [4.69, 9.17) is 16.1 Å². The maximum absolute atomic E-state index is 12.8. The van der Waals surface area contributed by atoms with Crippen molar-refractivity contribution in [2.75, 3.05) is 0 Å². The van der Waals surface area contributed by atoms with Crippen LogP contribution >= 0.6 is 0 Å². The van der Waals surface area contributed by atoms with Crippen LogP contribution in [-0.2, 0) is 11.2 Å². The first kappa shape index (κ1) is 12.4. The maximum atomic E-state index is 12.8. The summed E-state index contributed by atoms with van der Waals surface area (Å²) in [6.07, 6.45) is 0.0344. The molecule has 88 valence electrons. The molecule has 0 unspecified atom stereocenters. The molecule has 1 aromatic carbocycles. The van der Waals surface area contributed by atoms with Crippen LogP contribution in [0.1, 0.15) is 12.5 Å². The molecule has 0 aliphatic rings. The van der Waals surface area contributed by atoms with Crippen molar-refractivity contribution < 1.29 is 19.4 Å². The Morgan fingerprint density at radius 1 is 1.62 bits per heavy atom. The van der Waals surface area contributed by atoms with E-state index in [2.05, 4.69) is 5.43 Å². The van der Waals surface area contributed by atoms with Gasteiger partial charge in [0.2, 0.25) is 0 Å². The summed E-state index contributed by atoms with van der Waals surface area (Å²) in [5.74, 6) is 2.77. The van der Waals surface area contributed by atoms with Gasteiger partial charge in [0.1, 0.15) is 5.54 Å². The first-order chi connectivity index (χ1) is 7.39. The lowest BCUT2D eigenvalue weighted by molar-refractivity contribution is -0.144. The molecule has 1 rings (SSSR count). The predicted molar refractivity (Wildman–Crippen MR) is 55.1 cm³/mol. The van der Waals surface area contributed by atoms with Crippen molar-refractivity contribution in [1.29, 1.82) is 0 Å². The molecule has 0 spiro atoms. The van der Waals surface area contributed by atoms with E-state index in [0.717, 1.165) is 6.07 Å². The van der Waals surface area contributed by atoms with Crippen molar-refractivity contribution in [3.63, 3.8) is 0 Å². The van der Waals surface area contributed by atoms with Gasteiger partial charge in [-0.05, 0) is 24.6 Å². The standard InChI is InChI=1S/C10H13FN2O3/c1-10(13-12,9(15)16)5-6-2-3-7(11)8(14)4-6/h2-4,13-14H,5,12H2,1H3,(H,15,16)/t10-/m0/s1. The van der Waals surface area contributed by atoms with E-state index in [1.807, 2.05) is 0 Å². The smallest absolute Gasteiger partial charge is 0.325 e. The monoisotopic (exact) mass is 228 g/mol. The molecule has 0 saturated carbocycles. The van der Waals surface area contributed by atoms with Gasteiger partial charge in [0.05, 0.1) is 0 Å². The number of rotatable bonds is 4. The van der Waals surface area contributed by atoms with Crippen molar-refractivity contribution >= 4 is 5.97 Å². The van der Waals surface area contributed by atoms with Gasteiger partial charge in [0, 0.05) is 6.42 Å². The average Bonchev–Trinajstić information content (AvgIpc) is 2.23. The molecular weight excluding hydrogens is 215 g/mol. The van der Waals surface area contributed by atoms with E-state index in [1.54, 1.807) is 0 Å². The highest BCUT2D eigenvalue weighted by molar-refractivity contribution is 5.78. The van der Waals surface area contributed by atoms with Crippen LogP contribution in [0.2, 0.25) is 0 Å². The highest BCUT2D eigenvalue weighted by atomic mass is 19.1. The Bertz CT molecular complexity index is 411. The third-order valence-corrected chi connectivity index (χ3v) is 2.36. The van der Waals surface area contributed by atoms with Crippen LogP contribution in [0.5, 0.6) is 5.75 Å². The molecule has 1 atom stereocenters. The number of carbonyl (C=O) groups is 1. The summed E-state index contributed by atoms with van der Waals surface area (Å²) in [6.45, 7) is 1.40. The fourth-order valence-electron chi connectivity index (χ4n) is 1.26. The molecule has 0 amide bonds. The maximum Gasteiger partial charge on any atom is 0.325 e. The van der Waals surface area contributed by atoms with Crippen LogP contribution < -0.4 is 11.3 Å². The highest BCUT2D eigenvalue weighted by Gasteiger charge is 2.32. The third kappa shape index (κ3) is 2.47. The number of phenols is 1. The van der Waals surface area contributed by atoms with Gasteiger partial charge in [-0.1, -0.05) is 6.07 Å². The Morgan fingerprint density at radius 2 is 2.25 bits per heavy atom. The molecule has 5 N–H and O–H groups in total. The van der Waals surface area contributed by atoms with E-state index in [0.29, 0.717) is 5.56 Å². The first-order valence-electron chi connectivity index (χ1n) is 4.57. The SMILES string of the molecule is C[C@@](Cc1ccc(F)c(O)c1)(NN)C(=O)O. The Balaban J connectivity index is 2.95. The summed E-state index contributed by atoms with van der Waals surface area (Å²) in [6, 6.07) is 3.64. The number of carboxylic acid groups (broad SMARTS) is 1. The number of nitrogens with two attached hydrogens (primary N) is 1. The summed E-state index contributed by atoms with van der Waals surface area (Å²) in [7, 11) is 0. The van der Waals surface area contributed by atoms with E-state index in [9.17, 15) is 9.18 Å². The van der Waals surface area contributed by atoms with Crippen molar-refractivity contribution in [2.24, 2.45) is 5.84 Å². The molecular formula is C10H13FN2O3. The molecule has 0 saturated heterocycles. The highest BCUT2D eigenvalue weighted by Crippen LogP contribution is 2.20. The number of aromatic hydroxyl groups is 1. The van der Waals surface area contributed by atoms with Crippen LogP contribution in [-0.4, -0.2) is 21.7 Å². The van der Waals surface area contributed by atoms with Gasteiger partial charge in [-0.15, -0.1) is 0 Å². The number of nitrogens with one attached hydrogen (secondary N) is 1. The van der Waals surface area contributed by atoms with E-state index >= 15 is 0 Å². The van der Waals surface area contributed by atoms with Crippen LogP contribution in [0.3, 0.4) is 0 Å². The summed E-state index contributed by atoms with van der Waals surface area (Å²) in [5, 5.41) is 18.1. The molecule has 0 aromatic heterocycles. The van der Waals surface area contributed by atoms with E-state index in [1.165, 1.54) is 19.1 Å². The number of hydrazine groups is 1. The van der Waals surface area contributed by atoms with Crippen molar-refractivity contribution in [2.45, 2.75) is 18.9 Å². The lowest BCUT2D eigenvalue weighted by Gasteiger charge is -2.23. The van der Waals surface area contributed by atoms with Crippen LogP contribution in [0.4, 0.5) is 4.39 Å². The zero-order valence-corrected chi connectivity index (χ0v) is 8.70. The molecule has 0 heterocycles. The zero-order chi connectivity index (χ0) is 12.3. The van der Waals surface area contributed by atoms with Crippen LogP contribution in [0.15, 0.2) is 18.2 Å². The van der Waals surface area contributed by atoms with Gasteiger partial charge in [0.15, 0.2) is 11.6 Å². The van der Waals surface area contributed by atoms with E-state index in [-0.39, 0.29) is 6.42 Å². The Labute approximate surface area is 91.7 Å². The molecule has 0 radical (unpaired) electrons. The topological polar surface area (TPSA) is 95.6 Å². The second-order valence-electron chi connectivity index (χ2n) is 3.74. The lowest BCUT2D eigenvalue weighted by atomic mass is 9.93. The molecule has 1 aromatic rings. The Hall–Kier alpha value is -1.66. The lowest BCUT2D eigenvalue weighted by Crippen LogP contribution is -2.54. The van der Waals surface area contributed by atoms with Crippen molar-refractivity contribution in [3.05, 3.63) is 29.6 Å². The second-order valence-corrected chi connectivity index (χ2v) is 3.74.